The van der Waals surface area contributed by atoms with Gasteiger partial charge < -0.3 is 24.0 Å². The lowest BCUT2D eigenvalue weighted by atomic mass is 9.78. The minimum absolute atomic E-state index is 0.0792. The standard InChI is InChI=1S/C25H36N4O4/c1-16-26-6-3-23(27-16)28-13-20-11-19(28)14-29(20)24(30)25-5-8-33-22(25)10-17(12-25)9-18-4-7-32-15-21(18)31-2/h3,6,17-22H,4-5,7-15H2,1-2H3/t17-,18-,19+,20+,21-,22-,25-/m1/s1. The molecule has 5 aliphatic rings. The lowest BCUT2D eigenvalue weighted by Gasteiger charge is -2.39. The van der Waals surface area contributed by atoms with Crippen LogP contribution in [0.2, 0.25) is 0 Å². The zero-order chi connectivity index (χ0) is 22.6. The quantitative estimate of drug-likeness (QED) is 0.672. The van der Waals surface area contributed by atoms with Crippen molar-refractivity contribution in [3.63, 3.8) is 0 Å². The number of ether oxygens (including phenoxy) is 3. The van der Waals surface area contributed by atoms with Gasteiger partial charge in [0.15, 0.2) is 0 Å². The number of aromatic nitrogens is 2. The van der Waals surface area contributed by atoms with Crippen molar-refractivity contribution < 1.29 is 19.0 Å². The topological polar surface area (TPSA) is 77.0 Å². The molecular formula is C25H36N4O4. The highest BCUT2D eigenvalue weighted by Gasteiger charge is 2.60. The van der Waals surface area contributed by atoms with E-state index in [9.17, 15) is 4.79 Å². The van der Waals surface area contributed by atoms with Crippen molar-refractivity contribution in [1.82, 2.24) is 14.9 Å². The Morgan fingerprint density at radius 1 is 1.27 bits per heavy atom. The zero-order valence-corrected chi connectivity index (χ0v) is 19.8. The molecule has 6 rings (SSSR count). The largest absolute Gasteiger partial charge is 0.379 e. The first-order chi connectivity index (χ1) is 16.1. The summed E-state index contributed by atoms with van der Waals surface area (Å²) in [6.07, 6.45) is 8.14. The van der Waals surface area contributed by atoms with Gasteiger partial charge >= 0.3 is 0 Å². The summed E-state index contributed by atoms with van der Waals surface area (Å²) in [7, 11) is 1.79. The van der Waals surface area contributed by atoms with Gasteiger partial charge in [-0.25, -0.2) is 9.97 Å². The third-order valence-corrected chi connectivity index (χ3v) is 9.05. The summed E-state index contributed by atoms with van der Waals surface area (Å²) in [5.41, 5.74) is -0.320. The normalized spacial score (nSPS) is 39.9. The Morgan fingerprint density at radius 3 is 2.97 bits per heavy atom. The second-order valence-corrected chi connectivity index (χ2v) is 10.8. The van der Waals surface area contributed by atoms with Gasteiger partial charge in [0.25, 0.3) is 0 Å². The minimum atomic E-state index is -0.320. The number of likely N-dealkylation sites (tertiary alicyclic amines) is 1. The smallest absolute Gasteiger partial charge is 0.231 e. The highest BCUT2D eigenvalue weighted by Crippen LogP contribution is 2.54. The molecule has 5 heterocycles. The van der Waals surface area contributed by atoms with Gasteiger partial charge in [0.05, 0.1) is 36.3 Å². The summed E-state index contributed by atoms with van der Waals surface area (Å²) in [4.78, 5) is 27.5. The van der Waals surface area contributed by atoms with Crippen molar-refractivity contribution in [2.24, 2.45) is 17.3 Å². The number of amides is 1. The number of piperazine rings is 1. The van der Waals surface area contributed by atoms with Gasteiger partial charge in [-0.3, -0.25) is 4.79 Å². The summed E-state index contributed by atoms with van der Waals surface area (Å²) in [5.74, 6) is 3.19. The molecule has 0 N–H and O–H groups in total. The highest BCUT2D eigenvalue weighted by atomic mass is 16.5. The fraction of sp³-hybridized carbons (Fsp3) is 0.800. The fourth-order valence-corrected chi connectivity index (χ4v) is 7.44. The molecule has 2 bridgehead atoms. The molecule has 33 heavy (non-hydrogen) atoms. The van der Waals surface area contributed by atoms with Crippen molar-refractivity contribution >= 4 is 11.7 Å². The summed E-state index contributed by atoms with van der Waals surface area (Å²) in [6.45, 7) is 5.83. The maximum absolute atomic E-state index is 14.1. The van der Waals surface area contributed by atoms with E-state index in [-0.39, 0.29) is 23.7 Å². The molecule has 0 unspecified atom stereocenters. The summed E-state index contributed by atoms with van der Waals surface area (Å²) < 4.78 is 17.5. The van der Waals surface area contributed by atoms with Crippen LogP contribution in [0.4, 0.5) is 5.82 Å². The Hall–Kier alpha value is -1.77. The molecule has 0 aromatic carbocycles. The van der Waals surface area contributed by atoms with Crippen molar-refractivity contribution in [3.05, 3.63) is 18.1 Å². The van der Waals surface area contributed by atoms with Gasteiger partial charge in [-0.15, -0.1) is 0 Å². The molecule has 0 radical (unpaired) electrons. The van der Waals surface area contributed by atoms with Crippen molar-refractivity contribution in [3.8, 4) is 0 Å². The van der Waals surface area contributed by atoms with E-state index in [2.05, 4.69) is 19.8 Å². The van der Waals surface area contributed by atoms with Gasteiger partial charge in [-0.05, 0) is 63.4 Å². The van der Waals surface area contributed by atoms with Crippen LogP contribution in [0.15, 0.2) is 12.3 Å². The Bertz CT molecular complexity index is 899. The Kier molecular flexibility index (Phi) is 5.58. The van der Waals surface area contributed by atoms with E-state index < -0.39 is 0 Å². The molecule has 1 aliphatic carbocycles. The van der Waals surface area contributed by atoms with Crippen LogP contribution >= 0.6 is 0 Å². The average Bonchev–Trinajstić information content (AvgIpc) is 3.58. The average molecular weight is 457 g/mol. The summed E-state index contributed by atoms with van der Waals surface area (Å²) in [5, 5.41) is 0. The van der Waals surface area contributed by atoms with Crippen LogP contribution in [0.1, 0.15) is 44.3 Å². The van der Waals surface area contributed by atoms with Crippen molar-refractivity contribution in [1.29, 1.82) is 0 Å². The fourth-order valence-electron chi connectivity index (χ4n) is 7.44. The van der Waals surface area contributed by atoms with Crippen molar-refractivity contribution in [2.75, 3.05) is 44.9 Å². The molecule has 1 aromatic rings. The van der Waals surface area contributed by atoms with Crippen LogP contribution in [-0.2, 0) is 19.0 Å². The third-order valence-electron chi connectivity index (χ3n) is 9.05. The maximum Gasteiger partial charge on any atom is 0.231 e. The first kappa shape index (κ1) is 21.7. The Labute approximate surface area is 196 Å². The van der Waals surface area contributed by atoms with E-state index in [1.54, 1.807) is 7.11 Å². The van der Waals surface area contributed by atoms with Crippen LogP contribution < -0.4 is 4.90 Å². The lowest BCUT2D eigenvalue weighted by Crippen LogP contribution is -2.54. The molecule has 1 saturated carbocycles. The second kappa shape index (κ2) is 8.47. The SMILES string of the molecule is CO[C@@H]1COCC[C@@H]1C[C@@H]1C[C@H]2OCC[C@@]2(C(=O)N2C[C@@H]3C[C@H]2CN3c2ccnc(C)n2)C1. The van der Waals surface area contributed by atoms with Gasteiger partial charge in [0.1, 0.15) is 11.6 Å². The minimum Gasteiger partial charge on any atom is -0.379 e. The number of nitrogens with zero attached hydrogens (tertiary/aromatic N) is 4. The monoisotopic (exact) mass is 456 g/mol. The van der Waals surface area contributed by atoms with Crippen LogP contribution in [0, 0.1) is 24.2 Å². The molecule has 7 atom stereocenters. The van der Waals surface area contributed by atoms with Crippen LogP contribution in [0.3, 0.4) is 0 Å². The zero-order valence-electron chi connectivity index (χ0n) is 19.8. The molecule has 5 fully saturated rings. The van der Waals surface area contributed by atoms with E-state index in [1.165, 1.54) is 0 Å². The third kappa shape index (κ3) is 3.65. The molecule has 8 heteroatoms. The van der Waals surface area contributed by atoms with E-state index in [1.807, 2.05) is 19.2 Å². The molecular weight excluding hydrogens is 420 g/mol. The van der Waals surface area contributed by atoms with E-state index in [0.717, 1.165) is 76.5 Å². The number of aryl methyl sites for hydroxylation is 1. The molecule has 180 valence electrons. The molecule has 0 spiro atoms. The van der Waals surface area contributed by atoms with Gasteiger partial charge in [-0.1, -0.05) is 0 Å². The van der Waals surface area contributed by atoms with E-state index in [4.69, 9.17) is 14.2 Å². The highest BCUT2D eigenvalue weighted by molar-refractivity contribution is 5.85. The van der Waals surface area contributed by atoms with Crippen LogP contribution in [0.5, 0.6) is 0 Å². The number of hydrogen-bond donors (Lipinski definition) is 0. The Balaban J connectivity index is 1.14. The molecule has 4 aliphatic heterocycles. The number of rotatable bonds is 5. The Morgan fingerprint density at radius 2 is 2.18 bits per heavy atom. The lowest BCUT2D eigenvalue weighted by molar-refractivity contribution is -0.145. The molecule has 1 amide bonds. The van der Waals surface area contributed by atoms with Gasteiger partial charge in [0, 0.05) is 39.6 Å². The van der Waals surface area contributed by atoms with E-state index >= 15 is 0 Å². The second-order valence-electron chi connectivity index (χ2n) is 10.8. The number of methoxy groups -OCH3 is 1. The maximum atomic E-state index is 14.1. The number of carbonyl (C=O) groups is 1. The first-order valence-corrected chi connectivity index (χ1v) is 12.7. The van der Waals surface area contributed by atoms with Gasteiger partial charge in [0.2, 0.25) is 5.91 Å². The molecule has 8 nitrogen and oxygen atoms in total. The predicted octanol–water partition coefficient (Wildman–Crippen LogP) is 2.20. The number of hydrogen-bond acceptors (Lipinski definition) is 7. The van der Waals surface area contributed by atoms with Crippen LogP contribution in [-0.4, -0.2) is 85.1 Å². The summed E-state index contributed by atoms with van der Waals surface area (Å²) >= 11 is 0. The molecule has 4 saturated heterocycles. The van der Waals surface area contributed by atoms with Crippen molar-refractivity contribution in [2.45, 2.75) is 69.7 Å². The summed E-state index contributed by atoms with van der Waals surface area (Å²) in [6, 6.07) is 2.62. The number of fused-ring (bicyclic) bond motifs is 3. The first-order valence-electron chi connectivity index (χ1n) is 12.7. The number of anilines is 1. The van der Waals surface area contributed by atoms with Crippen LogP contribution in [0.25, 0.3) is 0 Å². The number of carbonyl (C=O) groups excluding carboxylic acids is 1. The predicted molar refractivity (Wildman–Crippen MR) is 122 cm³/mol. The van der Waals surface area contributed by atoms with Gasteiger partial charge in [-0.2, -0.15) is 0 Å². The van der Waals surface area contributed by atoms with E-state index in [0.29, 0.717) is 30.4 Å². The molecule has 1 aromatic heterocycles.